The lowest BCUT2D eigenvalue weighted by Gasteiger charge is -1.70. The maximum absolute atomic E-state index is 3.78. The van der Waals surface area contributed by atoms with Gasteiger partial charge in [0, 0.05) is 12.4 Å². The largest absolute Gasteiger partial charge is 0.316 e. The Kier molecular flexibility index (Phi) is 4.04. The minimum Gasteiger partial charge on any atom is -0.265 e. The molecule has 0 N–H and O–H groups in total. The van der Waals surface area contributed by atoms with Gasteiger partial charge in [-0.05, 0) is 12.1 Å². The van der Waals surface area contributed by atoms with Crippen LogP contribution in [0.1, 0.15) is 0 Å². The first-order valence-electron chi connectivity index (χ1n) is 1.85. The first-order valence-corrected chi connectivity index (χ1v) is 1.85. The average molecular weight is 105 g/mol. The van der Waals surface area contributed by atoms with Crippen molar-refractivity contribution in [3.05, 3.63) is 30.6 Å². The first kappa shape index (κ1) is 6.92. The molecule has 0 aliphatic rings. The maximum atomic E-state index is 3.78. The van der Waals surface area contributed by atoms with Crippen molar-refractivity contribution in [1.82, 2.24) is 4.98 Å². The van der Waals surface area contributed by atoms with Gasteiger partial charge in [-0.3, -0.25) is 4.98 Å². The lowest BCUT2D eigenvalue weighted by Crippen LogP contribution is -1.58. The zero-order valence-corrected chi connectivity index (χ0v) is 3.33. The van der Waals surface area contributed by atoms with Gasteiger partial charge in [-0.25, -0.2) is 0 Å². The molecular weight excluding hydrogens is 98.4 g/mol. The molecule has 0 saturated heterocycles. The second-order valence-corrected chi connectivity index (χ2v) is 1.02. The van der Waals surface area contributed by atoms with Gasteiger partial charge in [0.2, 0.25) is 0 Å². The van der Waals surface area contributed by atoms with Crippen molar-refractivity contribution < 1.29 is 0 Å². The predicted octanol–water partition coefficient (Wildman–Crippen LogP) is 0.165. The SMILES string of the molecule is [MgH2].c1ccncc1. The van der Waals surface area contributed by atoms with Crippen molar-refractivity contribution in [1.29, 1.82) is 0 Å². The van der Waals surface area contributed by atoms with Gasteiger partial charge < -0.3 is 0 Å². The Labute approximate surface area is 58.9 Å². The summed E-state index contributed by atoms with van der Waals surface area (Å²) in [6.45, 7) is 0. The van der Waals surface area contributed by atoms with Gasteiger partial charge in [0.25, 0.3) is 0 Å². The standard InChI is InChI=1S/C5H5N.Mg.2H/c1-2-4-6-5-3-1;;;/h1-5H;;;. The Morgan fingerprint density at radius 2 is 1.43 bits per heavy atom. The summed E-state index contributed by atoms with van der Waals surface area (Å²) in [7, 11) is 0. The van der Waals surface area contributed by atoms with E-state index in [9.17, 15) is 0 Å². The van der Waals surface area contributed by atoms with Crippen LogP contribution in [0, 0.1) is 0 Å². The minimum atomic E-state index is 0. The van der Waals surface area contributed by atoms with E-state index in [1.54, 1.807) is 12.4 Å². The summed E-state index contributed by atoms with van der Waals surface area (Å²) in [5.74, 6) is 0. The molecular formula is C5H7MgN. The molecule has 0 saturated carbocycles. The number of pyridine rings is 1. The van der Waals surface area contributed by atoms with Gasteiger partial charge in [0.05, 0.1) is 0 Å². The van der Waals surface area contributed by atoms with Gasteiger partial charge in [-0.15, -0.1) is 0 Å². The molecule has 1 aromatic rings. The van der Waals surface area contributed by atoms with Crippen molar-refractivity contribution in [2.75, 3.05) is 0 Å². The van der Waals surface area contributed by atoms with Crippen molar-refractivity contribution in [2.24, 2.45) is 0 Å². The molecule has 0 aliphatic heterocycles. The molecule has 7 heavy (non-hydrogen) atoms. The van der Waals surface area contributed by atoms with Crippen LogP contribution in [0.3, 0.4) is 0 Å². The molecule has 1 heterocycles. The zero-order chi connectivity index (χ0) is 4.24. The number of rotatable bonds is 0. The zero-order valence-electron chi connectivity index (χ0n) is 3.33. The van der Waals surface area contributed by atoms with Crippen molar-refractivity contribution in [3.8, 4) is 0 Å². The van der Waals surface area contributed by atoms with E-state index in [0.717, 1.165) is 0 Å². The van der Waals surface area contributed by atoms with Crippen LogP contribution in [-0.2, 0) is 0 Å². The van der Waals surface area contributed by atoms with Crippen molar-refractivity contribution in [3.63, 3.8) is 0 Å². The Hall–Kier alpha value is -0.0838. The van der Waals surface area contributed by atoms with E-state index in [1.165, 1.54) is 0 Å². The fraction of sp³-hybridized carbons (Fsp3) is 0. The monoisotopic (exact) mass is 105 g/mol. The fourth-order valence-electron chi connectivity index (χ4n) is 0.313. The molecule has 0 bridgehead atoms. The number of aromatic nitrogens is 1. The van der Waals surface area contributed by atoms with Crippen LogP contribution in [0.25, 0.3) is 0 Å². The highest BCUT2D eigenvalue weighted by molar-refractivity contribution is 5.75. The lowest BCUT2D eigenvalue weighted by molar-refractivity contribution is 1.33. The van der Waals surface area contributed by atoms with Crippen LogP contribution >= 0.6 is 0 Å². The molecule has 0 atom stereocenters. The van der Waals surface area contributed by atoms with Crippen LogP contribution in [0.15, 0.2) is 30.6 Å². The molecule has 0 radical (unpaired) electrons. The Morgan fingerprint density at radius 1 is 0.857 bits per heavy atom. The first-order chi connectivity index (χ1) is 3.00. The molecule has 0 aliphatic carbocycles. The molecule has 34 valence electrons. The fourth-order valence-corrected chi connectivity index (χ4v) is 0.313. The second-order valence-electron chi connectivity index (χ2n) is 1.02. The van der Waals surface area contributed by atoms with Gasteiger partial charge in [-0.1, -0.05) is 6.07 Å². The molecule has 0 spiro atoms. The van der Waals surface area contributed by atoms with Crippen molar-refractivity contribution >= 4 is 23.1 Å². The highest BCUT2D eigenvalue weighted by Crippen LogP contribution is 1.73. The summed E-state index contributed by atoms with van der Waals surface area (Å²) >= 11 is 0. The van der Waals surface area contributed by atoms with Gasteiger partial charge in [-0.2, -0.15) is 0 Å². The van der Waals surface area contributed by atoms with Gasteiger partial charge in [0.1, 0.15) is 0 Å². The molecule has 0 fully saturated rings. The minimum absolute atomic E-state index is 0. The summed E-state index contributed by atoms with van der Waals surface area (Å²) in [6.07, 6.45) is 3.50. The van der Waals surface area contributed by atoms with Gasteiger partial charge >= 0.3 is 23.1 Å². The van der Waals surface area contributed by atoms with Crippen LogP contribution in [0.2, 0.25) is 0 Å². The van der Waals surface area contributed by atoms with E-state index in [1.807, 2.05) is 18.2 Å². The number of nitrogens with zero attached hydrogens (tertiary/aromatic N) is 1. The van der Waals surface area contributed by atoms with E-state index in [4.69, 9.17) is 0 Å². The van der Waals surface area contributed by atoms with Crippen LogP contribution in [0.5, 0.6) is 0 Å². The third kappa shape index (κ3) is 2.59. The molecule has 2 heteroatoms. The summed E-state index contributed by atoms with van der Waals surface area (Å²) in [5.41, 5.74) is 0. The van der Waals surface area contributed by atoms with E-state index in [-0.39, 0.29) is 23.1 Å². The summed E-state index contributed by atoms with van der Waals surface area (Å²) in [6, 6.07) is 5.72. The molecule has 0 unspecified atom stereocenters. The normalized spacial score (nSPS) is 6.86. The van der Waals surface area contributed by atoms with Gasteiger partial charge in [0.15, 0.2) is 0 Å². The third-order valence-corrected chi connectivity index (χ3v) is 0.566. The van der Waals surface area contributed by atoms with Crippen molar-refractivity contribution in [2.45, 2.75) is 0 Å². The Morgan fingerprint density at radius 3 is 1.57 bits per heavy atom. The van der Waals surface area contributed by atoms with Crippen LogP contribution < -0.4 is 0 Å². The molecule has 1 nitrogen and oxygen atoms in total. The van der Waals surface area contributed by atoms with Crippen LogP contribution in [0.4, 0.5) is 0 Å². The summed E-state index contributed by atoms with van der Waals surface area (Å²) < 4.78 is 0. The molecule has 1 rings (SSSR count). The quantitative estimate of drug-likeness (QED) is 0.429. The second kappa shape index (κ2) is 4.09. The van der Waals surface area contributed by atoms with E-state index >= 15 is 0 Å². The topological polar surface area (TPSA) is 12.9 Å². The van der Waals surface area contributed by atoms with Crippen LogP contribution in [-0.4, -0.2) is 28.0 Å². The molecule has 0 amide bonds. The maximum Gasteiger partial charge on any atom is 0.316 e. The van der Waals surface area contributed by atoms with E-state index < -0.39 is 0 Å². The van der Waals surface area contributed by atoms with E-state index in [2.05, 4.69) is 4.98 Å². The smallest absolute Gasteiger partial charge is 0.265 e. The summed E-state index contributed by atoms with van der Waals surface area (Å²) in [5, 5.41) is 0. The lowest BCUT2D eigenvalue weighted by atomic mass is 10.5. The number of hydrogen-bond acceptors (Lipinski definition) is 1. The molecule has 0 aromatic carbocycles. The Bertz CT molecular complexity index is 80.0. The predicted molar refractivity (Wildman–Crippen MR) is 32.8 cm³/mol. The highest BCUT2D eigenvalue weighted by atomic mass is 24.3. The molecule has 1 aromatic heterocycles. The summed E-state index contributed by atoms with van der Waals surface area (Å²) in [4.78, 5) is 3.78. The third-order valence-electron chi connectivity index (χ3n) is 0.566. The number of hydrogen-bond donors (Lipinski definition) is 0. The highest BCUT2D eigenvalue weighted by Gasteiger charge is 1.58. The average Bonchev–Trinajstić information content (AvgIpc) is 1.72. The van der Waals surface area contributed by atoms with E-state index in [0.29, 0.717) is 0 Å². The Balaban J connectivity index is 0.000000360.